The minimum absolute atomic E-state index is 0.131. The Labute approximate surface area is 158 Å². The van der Waals surface area contributed by atoms with Gasteiger partial charge in [0.15, 0.2) is 11.5 Å². The zero-order chi connectivity index (χ0) is 18.0. The van der Waals surface area contributed by atoms with Gasteiger partial charge in [0.1, 0.15) is 5.69 Å². The fourth-order valence-corrected chi connectivity index (χ4v) is 5.71. The zero-order valence-corrected chi connectivity index (χ0v) is 15.1. The Kier molecular flexibility index (Phi) is 3.32. The quantitative estimate of drug-likeness (QED) is 0.888. The van der Waals surface area contributed by atoms with E-state index in [9.17, 15) is 4.79 Å². The van der Waals surface area contributed by atoms with Gasteiger partial charge in [0, 0.05) is 24.7 Å². The highest BCUT2D eigenvalue weighted by molar-refractivity contribution is 5.93. The monoisotopic (exact) mass is 365 g/mol. The number of likely N-dealkylation sites (tertiary alicyclic amines) is 1. The number of hydrogen-bond acceptors (Lipinski definition) is 4. The average Bonchev–Trinajstić information content (AvgIpc) is 3.47. The van der Waals surface area contributed by atoms with Gasteiger partial charge < -0.3 is 19.4 Å². The zero-order valence-electron chi connectivity index (χ0n) is 15.1. The van der Waals surface area contributed by atoms with Crippen molar-refractivity contribution in [1.82, 2.24) is 14.8 Å². The molecule has 2 bridgehead atoms. The number of nitrogens with zero attached hydrogens (tertiary/aromatic N) is 2. The number of H-pyrrole nitrogens is 1. The minimum Gasteiger partial charge on any atom is -0.454 e. The van der Waals surface area contributed by atoms with Gasteiger partial charge in [0.25, 0.3) is 5.91 Å². The summed E-state index contributed by atoms with van der Waals surface area (Å²) >= 11 is 0. The van der Waals surface area contributed by atoms with E-state index in [0.29, 0.717) is 36.4 Å². The molecule has 0 saturated carbocycles. The Morgan fingerprint density at radius 2 is 1.93 bits per heavy atom. The number of rotatable bonds is 2. The maximum absolute atomic E-state index is 13.2. The smallest absolute Gasteiger partial charge is 0.270 e. The van der Waals surface area contributed by atoms with Gasteiger partial charge >= 0.3 is 0 Å². The van der Waals surface area contributed by atoms with Crippen molar-refractivity contribution in [3.8, 4) is 11.5 Å². The molecule has 27 heavy (non-hydrogen) atoms. The summed E-state index contributed by atoms with van der Waals surface area (Å²) in [7, 11) is 0. The SMILES string of the molecule is O=C(c1ccc[nH]1)N1C[C@H](c2ccc3c(c2)OCO3)[C@H]2[C@@H]1C1CCN2CC1. The predicted molar refractivity (Wildman–Crippen MR) is 99.0 cm³/mol. The molecule has 4 fully saturated rings. The Morgan fingerprint density at radius 3 is 2.74 bits per heavy atom. The van der Waals surface area contributed by atoms with Gasteiger partial charge in [-0.1, -0.05) is 6.07 Å². The van der Waals surface area contributed by atoms with E-state index in [1.165, 1.54) is 18.4 Å². The summed E-state index contributed by atoms with van der Waals surface area (Å²) in [5, 5.41) is 0. The number of carbonyl (C=O) groups excluding carboxylic acids is 1. The lowest BCUT2D eigenvalue weighted by Gasteiger charge is -2.51. The van der Waals surface area contributed by atoms with Crippen LogP contribution in [0.5, 0.6) is 11.5 Å². The highest BCUT2D eigenvalue weighted by Crippen LogP contribution is 2.48. The number of piperidine rings is 3. The fourth-order valence-electron chi connectivity index (χ4n) is 5.71. The van der Waals surface area contributed by atoms with Crippen LogP contribution >= 0.6 is 0 Å². The lowest BCUT2D eigenvalue weighted by molar-refractivity contribution is -0.00356. The third-order valence-electron chi connectivity index (χ3n) is 6.91. The largest absolute Gasteiger partial charge is 0.454 e. The first kappa shape index (κ1) is 15.6. The van der Waals surface area contributed by atoms with Crippen molar-refractivity contribution in [2.45, 2.75) is 30.8 Å². The van der Waals surface area contributed by atoms with Crippen LogP contribution in [0, 0.1) is 5.92 Å². The van der Waals surface area contributed by atoms with Crippen molar-refractivity contribution in [1.29, 1.82) is 0 Å². The number of aromatic nitrogens is 1. The van der Waals surface area contributed by atoms with Crippen molar-refractivity contribution in [3.63, 3.8) is 0 Å². The van der Waals surface area contributed by atoms with E-state index in [1.807, 2.05) is 24.4 Å². The van der Waals surface area contributed by atoms with Crippen LogP contribution < -0.4 is 9.47 Å². The maximum Gasteiger partial charge on any atom is 0.270 e. The first-order chi connectivity index (χ1) is 13.3. The summed E-state index contributed by atoms with van der Waals surface area (Å²) in [6.45, 7) is 3.36. The average molecular weight is 365 g/mol. The minimum atomic E-state index is 0.131. The van der Waals surface area contributed by atoms with Gasteiger partial charge in [0.2, 0.25) is 6.79 Å². The number of fused-ring (bicyclic) bond motifs is 3. The second-order valence-corrected chi connectivity index (χ2v) is 8.12. The van der Waals surface area contributed by atoms with Gasteiger partial charge in [-0.15, -0.1) is 0 Å². The third-order valence-corrected chi connectivity index (χ3v) is 6.91. The van der Waals surface area contributed by atoms with Crippen molar-refractivity contribution in [2.24, 2.45) is 5.92 Å². The van der Waals surface area contributed by atoms with Crippen LogP contribution in [0.15, 0.2) is 36.5 Å². The topological polar surface area (TPSA) is 57.8 Å². The highest BCUT2D eigenvalue weighted by Gasteiger charge is 2.54. The van der Waals surface area contributed by atoms with Gasteiger partial charge in [-0.3, -0.25) is 9.69 Å². The summed E-state index contributed by atoms with van der Waals surface area (Å²) in [4.78, 5) is 21.1. The molecular formula is C21H23N3O3. The molecule has 5 aliphatic heterocycles. The number of hydrogen-bond donors (Lipinski definition) is 1. The normalized spacial score (nSPS) is 33.3. The van der Waals surface area contributed by atoms with Crippen molar-refractivity contribution >= 4 is 5.91 Å². The van der Waals surface area contributed by atoms with E-state index < -0.39 is 0 Å². The molecule has 7 rings (SSSR count). The van der Waals surface area contributed by atoms with Gasteiger partial charge in [0.05, 0.1) is 6.04 Å². The number of carbonyl (C=O) groups is 1. The van der Waals surface area contributed by atoms with Crippen LogP contribution in [-0.2, 0) is 0 Å². The molecule has 0 spiro atoms. The highest BCUT2D eigenvalue weighted by atomic mass is 16.7. The molecule has 5 aliphatic rings. The molecule has 1 N–H and O–H groups in total. The Balaban J connectivity index is 1.39. The van der Waals surface area contributed by atoms with Crippen LogP contribution in [0.2, 0.25) is 0 Å². The molecule has 1 amide bonds. The van der Waals surface area contributed by atoms with Crippen LogP contribution in [0.4, 0.5) is 0 Å². The summed E-state index contributed by atoms with van der Waals surface area (Å²) in [6, 6.07) is 10.8. The Morgan fingerprint density at radius 1 is 1.07 bits per heavy atom. The molecule has 1 aromatic heterocycles. The first-order valence-electron chi connectivity index (χ1n) is 9.87. The van der Waals surface area contributed by atoms with Gasteiger partial charge in [-0.2, -0.15) is 0 Å². The summed E-state index contributed by atoms with van der Waals surface area (Å²) < 4.78 is 11.1. The van der Waals surface area contributed by atoms with Crippen LogP contribution in [0.1, 0.15) is 34.8 Å². The maximum atomic E-state index is 13.2. The number of aromatic amines is 1. The summed E-state index contributed by atoms with van der Waals surface area (Å²) in [6.07, 6.45) is 4.22. The van der Waals surface area contributed by atoms with Crippen LogP contribution in [-0.4, -0.2) is 59.2 Å². The Bertz CT molecular complexity index is 873. The summed E-state index contributed by atoms with van der Waals surface area (Å²) in [5.41, 5.74) is 1.94. The molecule has 1 aromatic carbocycles. The van der Waals surface area contributed by atoms with Gasteiger partial charge in [-0.05, 0) is 61.7 Å². The molecule has 3 atom stereocenters. The summed E-state index contributed by atoms with van der Waals surface area (Å²) in [5.74, 6) is 2.70. The lowest BCUT2D eigenvalue weighted by Crippen LogP contribution is -2.60. The van der Waals surface area contributed by atoms with Crippen molar-refractivity contribution < 1.29 is 14.3 Å². The van der Waals surface area contributed by atoms with Crippen LogP contribution in [0.3, 0.4) is 0 Å². The van der Waals surface area contributed by atoms with Gasteiger partial charge in [-0.25, -0.2) is 0 Å². The standard InChI is InChI=1S/C21H23N3O3/c25-21(16-2-1-7-22-16)24-11-15(14-3-4-17-18(10-14)27-12-26-17)20-19(24)13-5-8-23(20)9-6-13/h1-4,7,10,13,15,19-20,22H,5-6,8-9,11-12H2/t15-,19+,20+/m1/s1. The molecule has 6 heteroatoms. The first-order valence-corrected chi connectivity index (χ1v) is 9.87. The van der Waals surface area contributed by atoms with E-state index in [1.54, 1.807) is 0 Å². The van der Waals surface area contributed by atoms with E-state index in [4.69, 9.17) is 9.47 Å². The number of nitrogens with one attached hydrogen (secondary N) is 1. The molecule has 0 radical (unpaired) electrons. The molecule has 2 aromatic rings. The predicted octanol–water partition coefficient (Wildman–Crippen LogP) is 2.45. The molecule has 0 aliphatic carbocycles. The third kappa shape index (κ3) is 2.26. The molecule has 6 nitrogen and oxygen atoms in total. The number of amides is 1. The second-order valence-electron chi connectivity index (χ2n) is 8.12. The van der Waals surface area contributed by atoms with E-state index >= 15 is 0 Å². The molecule has 6 heterocycles. The molecule has 4 saturated heterocycles. The van der Waals surface area contributed by atoms with Crippen LogP contribution in [0.25, 0.3) is 0 Å². The lowest BCUT2D eigenvalue weighted by atomic mass is 9.75. The second kappa shape index (κ2) is 5.76. The van der Waals surface area contributed by atoms with Crippen molar-refractivity contribution in [3.05, 3.63) is 47.8 Å². The number of benzene rings is 1. The Hall–Kier alpha value is -2.47. The molecule has 0 unspecified atom stereocenters. The fraction of sp³-hybridized carbons (Fsp3) is 0.476. The van der Waals surface area contributed by atoms with E-state index in [2.05, 4.69) is 26.9 Å². The number of ether oxygens (including phenoxy) is 2. The van der Waals surface area contributed by atoms with Crippen molar-refractivity contribution in [2.75, 3.05) is 26.4 Å². The molecule has 140 valence electrons. The molecular weight excluding hydrogens is 342 g/mol. The van der Waals surface area contributed by atoms with E-state index in [-0.39, 0.29) is 5.91 Å². The van der Waals surface area contributed by atoms with E-state index in [0.717, 1.165) is 31.1 Å².